The van der Waals surface area contributed by atoms with Crippen molar-refractivity contribution < 1.29 is 27.4 Å². The number of benzene rings is 2. The summed E-state index contributed by atoms with van der Waals surface area (Å²) in [7, 11) is -3.68. The number of sulfonamides is 1. The van der Waals surface area contributed by atoms with Gasteiger partial charge in [0.15, 0.2) is 0 Å². The maximum Gasteiger partial charge on any atom is 0.248 e. The highest BCUT2D eigenvalue weighted by atomic mass is 32.2. The van der Waals surface area contributed by atoms with Crippen LogP contribution in [0.5, 0.6) is 11.5 Å². The molecule has 1 amide bonds. The van der Waals surface area contributed by atoms with E-state index in [-0.39, 0.29) is 16.9 Å². The summed E-state index contributed by atoms with van der Waals surface area (Å²) < 4.78 is 44.4. The normalized spacial score (nSPS) is 18.5. The van der Waals surface area contributed by atoms with Crippen LogP contribution in [0.1, 0.15) is 30.5 Å². The fraction of sp³-hybridized carbons (Fsp3) is 0.400. The van der Waals surface area contributed by atoms with Gasteiger partial charge in [-0.25, -0.2) is 8.42 Å². The SMILES string of the molecule is CCOc1cc2c(cc1/C=C/C(=O)Nc1ccc(C)c(S(=O)(=O)N3CCOCC3)c1)OC(C)C2. The van der Waals surface area contributed by atoms with Gasteiger partial charge in [-0.3, -0.25) is 4.79 Å². The van der Waals surface area contributed by atoms with E-state index >= 15 is 0 Å². The second-order valence-corrected chi connectivity index (χ2v) is 10.3. The molecular formula is C25H30N2O6S. The number of ether oxygens (including phenoxy) is 3. The third-order valence-electron chi connectivity index (χ3n) is 5.79. The Bertz CT molecular complexity index is 1200. The van der Waals surface area contributed by atoms with Crippen LogP contribution in [0.15, 0.2) is 41.3 Å². The van der Waals surface area contributed by atoms with Gasteiger partial charge in [0.1, 0.15) is 17.6 Å². The highest BCUT2D eigenvalue weighted by Crippen LogP contribution is 2.35. The predicted octanol–water partition coefficient (Wildman–Crippen LogP) is 3.39. The first-order chi connectivity index (χ1) is 16.3. The largest absolute Gasteiger partial charge is 0.493 e. The van der Waals surface area contributed by atoms with Crippen LogP contribution in [0.3, 0.4) is 0 Å². The van der Waals surface area contributed by atoms with Crippen molar-refractivity contribution in [3.63, 3.8) is 0 Å². The zero-order valence-electron chi connectivity index (χ0n) is 19.7. The van der Waals surface area contributed by atoms with Gasteiger partial charge in [-0.1, -0.05) is 6.07 Å². The van der Waals surface area contributed by atoms with Gasteiger partial charge in [0.2, 0.25) is 15.9 Å². The molecule has 1 atom stereocenters. The Balaban J connectivity index is 1.52. The number of carbonyl (C=O) groups excluding carboxylic acids is 1. The second kappa shape index (κ2) is 10.2. The fourth-order valence-corrected chi connectivity index (χ4v) is 5.76. The lowest BCUT2D eigenvalue weighted by Gasteiger charge is -2.26. The fourth-order valence-electron chi connectivity index (χ4n) is 4.10. The van der Waals surface area contributed by atoms with E-state index < -0.39 is 10.0 Å². The number of hydrogen-bond acceptors (Lipinski definition) is 6. The van der Waals surface area contributed by atoms with Crippen molar-refractivity contribution in [1.29, 1.82) is 0 Å². The molecule has 1 fully saturated rings. The number of rotatable bonds is 7. The van der Waals surface area contributed by atoms with Crippen molar-refractivity contribution in [2.45, 2.75) is 38.2 Å². The summed E-state index contributed by atoms with van der Waals surface area (Å²) in [6.45, 7) is 7.53. The van der Waals surface area contributed by atoms with Crippen LogP contribution in [0.25, 0.3) is 6.08 Å². The number of amides is 1. The Hall–Kier alpha value is -2.88. The number of carbonyl (C=O) groups is 1. The monoisotopic (exact) mass is 486 g/mol. The van der Waals surface area contributed by atoms with Gasteiger partial charge >= 0.3 is 0 Å². The zero-order valence-corrected chi connectivity index (χ0v) is 20.5. The molecule has 34 heavy (non-hydrogen) atoms. The highest BCUT2D eigenvalue weighted by Gasteiger charge is 2.28. The summed E-state index contributed by atoms with van der Waals surface area (Å²) in [6.07, 6.45) is 4.00. The van der Waals surface area contributed by atoms with Crippen LogP contribution < -0.4 is 14.8 Å². The molecule has 1 N–H and O–H groups in total. The first kappa shape index (κ1) is 24.3. The number of morpholine rings is 1. The molecule has 9 heteroatoms. The minimum atomic E-state index is -3.68. The van der Waals surface area contributed by atoms with Gasteiger partial charge in [-0.15, -0.1) is 0 Å². The van der Waals surface area contributed by atoms with E-state index in [0.29, 0.717) is 49.9 Å². The van der Waals surface area contributed by atoms with Crippen LogP contribution in [0.2, 0.25) is 0 Å². The van der Waals surface area contributed by atoms with Crippen LogP contribution in [0, 0.1) is 6.92 Å². The van der Waals surface area contributed by atoms with Crippen molar-refractivity contribution in [3.8, 4) is 11.5 Å². The predicted molar refractivity (Wildman–Crippen MR) is 130 cm³/mol. The smallest absolute Gasteiger partial charge is 0.248 e. The van der Waals surface area contributed by atoms with E-state index in [1.807, 2.05) is 26.0 Å². The Kier molecular flexibility index (Phi) is 7.25. The summed E-state index contributed by atoms with van der Waals surface area (Å²) >= 11 is 0. The van der Waals surface area contributed by atoms with Crippen LogP contribution >= 0.6 is 0 Å². The molecule has 1 saturated heterocycles. The van der Waals surface area contributed by atoms with E-state index in [9.17, 15) is 13.2 Å². The van der Waals surface area contributed by atoms with Gasteiger partial charge in [0, 0.05) is 42.4 Å². The summed E-state index contributed by atoms with van der Waals surface area (Å²) in [6, 6.07) is 8.73. The Morgan fingerprint density at radius 1 is 1.24 bits per heavy atom. The van der Waals surface area contributed by atoms with Crippen molar-refractivity contribution >= 4 is 27.7 Å². The molecule has 4 rings (SSSR count). The van der Waals surface area contributed by atoms with E-state index in [1.54, 1.807) is 25.1 Å². The van der Waals surface area contributed by atoms with Crippen LogP contribution in [-0.2, 0) is 26.0 Å². The molecule has 2 heterocycles. The Labute approximate surface area is 200 Å². The molecule has 0 radical (unpaired) electrons. The molecule has 1 unspecified atom stereocenters. The molecule has 2 aromatic rings. The highest BCUT2D eigenvalue weighted by molar-refractivity contribution is 7.89. The summed E-state index contributed by atoms with van der Waals surface area (Å²) in [5, 5.41) is 2.76. The molecule has 2 aliphatic heterocycles. The summed E-state index contributed by atoms with van der Waals surface area (Å²) in [5.74, 6) is 1.11. The number of nitrogens with one attached hydrogen (secondary N) is 1. The Morgan fingerprint density at radius 2 is 2.00 bits per heavy atom. The first-order valence-corrected chi connectivity index (χ1v) is 12.9. The molecule has 8 nitrogen and oxygen atoms in total. The third-order valence-corrected chi connectivity index (χ3v) is 7.83. The number of hydrogen-bond donors (Lipinski definition) is 1. The Morgan fingerprint density at radius 3 is 2.74 bits per heavy atom. The van der Waals surface area contributed by atoms with Crippen molar-refractivity contribution in [2.75, 3.05) is 38.2 Å². The first-order valence-electron chi connectivity index (χ1n) is 11.4. The van der Waals surface area contributed by atoms with E-state index in [1.165, 1.54) is 16.4 Å². The molecular weight excluding hydrogens is 456 g/mol. The maximum absolute atomic E-state index is 13.1. The average Bonchev–Trinajstić information content (AvgIpc) is 3.18. The van der Waals surface area contributed by atoms with E-state index in [2.05, 4.69) is 5.32 Å². The standard InChI is InChI=1S/C25H30N2O6S/c1-4-32-22-15-20-13-18(3)33-23(20)14-19(22)6-8-25(28)26-21-7-5-17(2)24(16-21)34(29,30)27-9-11-31-12-10-27/h5-8,14-16,18H,4,9-13H2,1-3H3,(H,26,28)/b8-6+. The van der Waals surface area contributed by atoms with Gasteiger partial charge in [-0.2, -0.15) is 4.31 Å². The van der Waals surface area contributed by atoms with Crippen LogP contribution in [0.4, 0.5) is 5.69 Å². The van der Waals surface area contributed by atoms with Gasteiger partial charge in [-0.05, 0) is 56.7 Å². The number of anilines is 1. The van der Waals surface area contributed by atoms with E-state index in [4.69, 9.17) is 14.2 Å². The van der Waals surface area contributed by atoms with Crippen molar-refractivity contribution in [3.05, 3.63) is 53.1 Å². The van der Waals surface area contributed by atoms with E-state index in [0.717, 1.165) is 23.3 Å². The van der Waals surface area contributed by atoms with Crippen molar-refractivity contribution in [2.24, 2.45) is 0 Å². The van der Waals surface area contributed by atoms with Crippen molar-refractivity contribution in [1.82, 2.24) is 4.31 Å². The number of nitrogens with zero attached hydrogens (tertiary/aromatic N) is 1. The molecule has 2 aliphatic rings. The zero-order chi connectivity index (χ0) is 24.3. The summed E-state index contributed by atoms with van der Waals surface area (Å²) in [5.41, 5.74) is 2.85. The lowest BCUT2D eigenvalue weighted by Crippen LogP contribution is -2.40. The summed E-state index contributed by atoms with van der Waals surface area (Å²) in [4.78, 5) is 12.8. The molecule has 182 valence electrons. The van der Waals surface area contributed by atoms with Gasteiger partial charge in [0.05, 0.1) is 24.7 Å². The molecule has 2 aromatic carbocycles. The molecule has 0 bridgehead atoms. The lowest BCUT2D eigenvalue weighted by molar-refractivity contribution is -0.111. The molecule has 0 spiro atoms. The minimum absolute atomic E-state index is 0.108. The topological polar surface area (TPSA) is 94.2 Å². The minimum Gasteiger partial charge on any atom is -0.493 e. The molecule has 0 aliphatic carbocycles. The second-order valence-electron chi connectivity index (χ2n) is 8.38. The molecule has 0 aromatic heterocycles. The average molecular weight is 487 g/mol. The van der Waals surface area contributed by atoms with Gasteiger partial charge in [0.25, 0.3) is 0 Å². The number of fused-ring (bicyclic) bond motifs is 1. The third kappa shape index (κ3) is 5.27. The lowest BCUT2D eigenvalue weighted by atomic mass is 10.1. The number of aryl methyl sites for hydroxylation is 1. The maximum atomic E-state index is 13.1. The van der Waals surface area contributed by atoms with Gasteiger partial charge < -0.3 is 19.5 Å². The van der Waals surface area contributed by atoms with Crippen LogP contribution in [-0.4, -0.2) is 57.6 Å². The molecule has 0 saturated carbocycles. The quantitative estimate of drug-likeness (QED) is 0.603.